The van der Waals surface area contributed by atoms with Gasteiger partial charge in [-0.3, -0.25) is 19.2 Å². The molecule has 51 heavy (non-hydrogen) atoms. The molecular formula is C36H44ClIN6O6S. The summed E-state index contributed by atoms with van der Waals surface area (Å²) in [6.45, 7) is 15.2. The molecule has 1 aliphatic carbocycles. The Balaban J connectivity index is 1.60. The van der Waals surface area contributed by atoms with Crippen LogP contribution < -0.4 is 26.1 Å². The fourth-order valence-corrected chi connectivity index (χ4v) is 8.93. The van der Waals surface area contributed by atoms with Gasteiger partial charge in [0.25, 0.3) is 5.56 Å². The van der Waals surface area contributed by atoms with Gasteiger partial charge in [-0.1, -0.05) is 90.4 Å². The number of nitrogen functional groups attached to an aromatic ring is 1. The lowest BCUT2D eigenvalue weighted by Crippen LogP contribution is -2.49. The lowest BCUT2D eigenvalue weighted by molar-refractivity contribution is -0.0922. The van der Waals surface area contributed by atoms with Gasteiger partial charge in [-0.05, 0) is 82.0 Å². The predicted octanol–water partition coefficient (Wildman–Crippen LogP) is 7.89. The predicted molar refractivity (Wildman–Crippen MR) is 210 cm³/mol. The van der Waals surface area contributed by atoms with Crippen LogP contribution in [-0.2, 0) is 14.9 Å². The largest absolute Gasteiger partial charge is 0.458 e. The Hall–Kier alpha value is -3.76. The number of esters is 1. The van der Waals surface area contributed by atoms with Crippen LogP contribution in [0.1, 0.15) is 71.7 Å². The number of urea groups is 1. The van der Waals surface area contributed by atoms with Crippen molar-refractivity contribution in [1.29, 1.82) is 0 Å². The van der Waals surface area contributed by atoms with Gasteiger partial charge in [-0.25, -0.2) is 14.3 Å². The van der Waals surface area contributed by atoms with Crippen molar-refractivity contribution >= 4 is 79.2 Å². The molecule has 15 heteroatoms. The maximum absolute atomic E-state index is 14.6. The zero-order valence-electron chi connectivity index (χ0n) is 29.6. The van der Waals surface area contributed by atoms with Crippen molar-refractivity contribution in [3.05, 3.63) is 79.2 Å². The number of carbonyl (C=O) groups is 2. The van der Waals surface area contributed by atoms with Gasteiger partial charge in [0.1, 0.15) is 28.8 Å². The van der Waals surface area contributed by atoms with Gasteiger partial charge in [0.05, 0.1) is 9.39 Å². The van der Waals surface area contributed by atoms with Crippen molar-refractivity contribution in [3.8, 4) is 11.1 Å². The molecule has 5 rings (SSSR count). The molecule has 12 nitrogen and oxygen atoms in total. The number of nitrogens with zero attached hydrogens (tertiary/aromatic N) is 1. The van der Waals surface area contributed by atoms with Crippen molar-refractivity contribution in [1.82, 2.24) is 14.1 Å². The molecule has 2 amide bonds. The number of nitrogens with one attached hydrogen (secondary N) is 4. The quantitative estimate of drug-likeness (QED) is 0.0928. The highest BCUT2D eigenvalue weighted by Gasteiger charge is 2.48. The molecule has 0 aliphatic heterocycles. The third kappa shape index (κ3) is 8.33. The first-order valence-electron chi connectivity index (χ1n) is 16.6. The first-order chi connectivity index (χ1) is 23.7. The Morgan fingerprint density at radius 2 is 1.55 bits per heavy atom. The molecule has 1 aliphatic rings. The second kappa shape index (κ2) is 14.3. The Morgan fingerprint density at radius 1 is 0.980 bits per heavy atom. The monoisotopic (exact) mass is 850 g/mol. The molecule has 0 bridgehead atoms. The minimum atomic E-state index is -4.38. The number of nitrogens with two attached hydrogens (primary N) is 1. The molecule has 0 saturated heterocycles. The molecule has 0 radical (unpaired) electrons. The van der Waals surface area contributed by atoms with E-state index in [-0.39, 0.29) is 45.4 Å². The molecule has 2 aromatic carbocycles. The maximum Gasteiger partial charge on any atom is 0.342 e. The number of amides is 2. The molecule has 2 aromatic heterocycles. The summed E-state index contributed by atoms with van der Waals surface area (Å²) in [4.78, 5) is 44.6. The Bertz CT molecular complexity index is 2100. The number of hydrogen-bond donors (Lipinski definition) is 5. The van der Waals surface area contributed by atoms with E-state index in [2.05, 4.69) is 63.5 Å². The first kappa shape index (κ1) is 38.5. The summed E-state index contributed by atoms with van der Waals surface area (Å²) in [6, 6.07) is 13.5. The highest BCUT2D eigenvalue weighted by molar-refractivity contribution is 14.1. The van der Waals surface area contributed by atoms with Crippen molar-refractivity contribution in [3.63, 3.8) is 0 Å². The minimum absolute atomic E-state index is 0.0602. The van der Waals surface area contributed by atoms with Gasteiger partial charge < -0.3 is 15.5 Å². The third-order valence-electron chi connectivity index (χ3n) is 9.45. The standard InChI is InChI=1S/C36H44ClIN6O6S/c1-19-17-23(35(2,3)4)28(24(18-19)36(5,6)7)50-33(46)26-25(20-13-15-21(37)16-14-20)29(38)44-31(26)41-30(39)27(32(44)45)40-34(47)43-51(48,49)42-22-11-9-8-10-12-22/h8-16,19,23-24,28,41-42H,17-18,39H2,1-7H3,(H2,40,43,47). The van der Waals surface area contributed by atoms with Crippen LogP contribution in [-0.4, -0.2) is 35.9 Å². The van der Waals surface area contributed by atoms with E-state index in [9.17, 15) is 22.8 Å². The topological polar surface area (TPSA) is 177 Å². The second-order valence-corrected chi connectivity index (χ2v) is 18.2. The summed E-state index contributed by atoms with van der Waals surface area (Å²) in [5.41, 5.74) is 6.14. The molecule has 0 spiro atoms. The van der Waals surface area contributed by atoms with Crippen molar-refractivity contribution in [2.24, 2.45) is 28.6 Å². The maximum atomic E-state index is 14.6. The number of H-pyrrole nitrogens is 1. The van der Waals surface area contributed by atoms with Crippen LogP contribution in [0.25, 0.3) is 16.8 Å². The highest BCUT2D eigenvalue weighted by Crippen LogP contribution is 2.50. The van der Waals surface area contributed by atoms with Crippen LogP contribution in [0.5, 0.6) is 0 Å². The number of hydrogen-bond acceptors (Lipinski definition) is 7. The van der Waals surface area contributed by atoms with Crippen LogP contribution in [0.2, 0.25) is 5.02 Å². The van der Waals surface area contributed by atoms with Crippen LogP contribution >= 0.6 is 34.2 Å². The van der Waals surface area contributed by atoms with Gasteiger partial charge in [-0.15, -0.1) is 0 Å². The Kier molecular flexibility index (Phi) is 10.8. The van der Waals surface area contributed by atoms with E-state index < -0.39 is 39.6 Å². The minimum Gasteiger partial charge on any atom is -0.458 e. The molecule has 6 N–H and O–H groups in total. The molecule has 2 atom stereocenters. The highest BCUT2D eigenvalue weighted by atomic mass is 127. The van der Waals surface area contributed by atoms with Crippen LogP contribution in [0.15, 0.2) is 59.4 Å². The summed E-state index contributed by atoms with van der Waals surface area (Å²) in [5.74, 6) is -0.360. The van der Waals surface area contributed by atoms with E-state index in [1.807, 2.05) is 27.3 Å². The molecule has 2 heterocycles. The van der Waals surface area contributed by atoms with E-state index in [0.29, 0.717) is 25.8 Å². The average Bonchev–Trinajstić information content (AvgIpc) is 3.30. The smallest absolute Gasteiger partial charge is 0.342 e. The SMILES string of the molecule is CC1CC(C(C)(C)C)C(OC(=O)c2c(-c3ccc(Cl)cc3)c(I)n3c(=O)c(NC(=O)NS(=O)(=O)Nc4ccccc4)c(N)[nH]c23)C(C(C)(C)C)C1. The van der Waals surface area contributed by atoms with Crippen molar-refractivity contribution in [2.75, 3.05) is 15.8 Å². The number of aromatic nitrogens is 2. The van der Waals surface area contributed by atoms with Gasteiger partial charge in [-0.2, -0.15) is 8.42 Å². The molecule has 2 unspecified atom stereocenters. The van der Waals surface area contributed by atoms with Crippen LogP contribution in [0.4, 0.5) is 22.0 Å². The Labute approximate surface area is 316 Å². The van der Waals surface area contributed by atoms with Crippen molar-refractivity contribution in [2.45, 2.75) is 67.4 Å². The first-order valence-corrected chi connectivity index (χ1v) is 19.5. The Morgan fingerprint density at radius 3 is 2.10 bits per heavy atom. The zero-order valence-corrected chi connectivity index (χ0v) is 33.3. The number of halogens is 2. The van der Waals surface area contributed by atoms with Gasteiger partial charge >= 0.3 is 22.2 Å². The fraction of sp³-hybridized carbons (Fsp3) is 0.417. The van der Waals surface area contributed by atoms with Gasteiger partial charge in [0, 0.05) is 22.4 Å². The summed E-state index contributed by atoms with van der Waals surface area (Å²) >= 11 is 8.18. The zero-order chi connectivity index (χ0) is 37.6. The van der Waals surface area contributed by atoms with Crippen LogP contribution in [0.3, 0.4) is 0 Å². The van der Waals surface area contributed by atoms with Crippen molar-refractivity contribution < 1.29 is 22.7 Å². The molecule has 1 fully saturated rings. The number of anilines is 3. The number of ether oxygens (including phenoxy) is 1. The average molecular weight is 851 g/mol. The normalized spacial score (nSPS) is 19.8. The lowest BCUT2D eigenvalue weighted by atomic mass is 9.59. The van der Waals surface area contributed by atoms with Gasteiger partial charge in [0.15, 0.2) is 0 Å². The van der Waals surface area contributed by atoms with Crippen LogP contribution in [0, 0.1) is 32.3 Å². The molecule has 274 valence electrons. The number of benzene rings is 2. The summed E-state index contributed by atoms with van der Waals surface area (Å²) in [7, 11) is -4.38. The summed E-state index contributed by atoms with van der Waals surface area (Å²) < 4.78 is 37.4. The van der Waals surface area contributed by atoms with E-state index in [4.69, 9.17) is 22.1 Å². The number of aromatic amines is 1. The molecule has 4 aromatic rings. The summed E-state index contributed by atoms with van der Waals surface area (Å²) in [6.07, 6.45) is 1.37. The number of rotatable bonds is 7. The molecule has 1 saturated carbocycles. The third-order valence-corrected chi connectivity index (χ3v) is 11.7. The number of para-hydroxylation sites is 1. The molecular weight excluding hydrogens is 807 g/mol. The van der Waals surface area contributed by atoms with E-state index in [0.717, 1.165) is 12.8 Å². The second-order valence-electron chi connectivity index (χ2n) is 15.4. The lowest BCUT2D eigenvalue weighted by Gasteiger charge is -2.50. The van der Waals surface area contributed by atoms with E-state index in [1.54, 1.807) is 42.5 Å². The number of carbonyl (C=O) groups excluding carboxylic acids is 2. The van der Waals surface area contributed by atoms with E-state index >= 15 is 0 Å². The van der Waals surface area contributed by atoms with E-state index in [1.165, 1.54) is 16.5 Å². The fourth-order valence-electron chi connectivity index (χ4n) is 6.97. The number of fused-ring (bicyclic) bond motifs is 1. The van der Waals surface area contributed by atoms with Gasteiger partial charge in [0.2, 0.25) is 0 Å². The summed E-state index contributed by atoms with van der Waals surface area (Å²) in [5, 5.41) is 2.74.